The zero-order valence-electron chi connectivity index (χ0n) is 12.9. The van der Waals surface area contributed by atoms with Crippen LogP contribution in [-0.2, 0) is 4.79 Å². The zero-order valence-corrected chi connectivity index (χ0v) is 12.9. The Bertz CT molecular complexity index is 542. The van der Waals surface area contributed by atoms with Crippen LogP contribution < -0.4 is 5.73 Å². The van der Waals surface area contributed by atoms with Gasteiger partial charge in [-0.1, -0.05) is 0 Å². The molecule has 2 amide bonds. The lowest BCUT2D eigenvalue weighted by atomic mass is 10.1. The smallest absolute Gasteiger partial charge is 0.257 e. The van der Waals surface area contributed by atoms with Crippen LogP contribution in [0.25, 0.3) is 0 Å². The van der Waals surface area contributed by atoms with Gasteiger partial charge >= 0.3 is 0 Å². The summed E-state index contributed by atoms with van der Waals surface area (Å²) < 4.78 is 14.0. The second kappa shape index (κ2) is 7.06. The molecule has 5 nitrogen and oxygen atoms in total. The van der Waals surface area contributed by atoms with E-state index in [0.717, 1.165) is 0 Å². The molecule has 0 aliphatic rings. The Morgan fingerprint density at radius 1 is 1.24 bits per heavy atom. The van der Waals surface area contributed by atoms with E-state index < -0.39 is 11.7 Å². The number of aryl methyl sites for hydroxylation is 1. The van der Waals surface area contributed by atoms with Crippen molar-refractivity contribution in [3.63, 3.8) is 0 Å². The van der Waals surface area contributed by atoms with Crippen molar-refractivity contribution < 1.29 is 14.0 Å². The van der Waals surface area contributed by atoms with Gasteiger partial charge < -0.3 is 15.5 Å². The fourth-order valence-corrected chi connectivity index (χ4v) is 2.11. The molecule has 2 N–H and O–H groups in total. The van der Waals surface area contributed by atoms with E-state index in [9.17, 15) is 14.0 Å². The van der Waals surface area contributed by atoms with Crippen molar-refractivity contribution in [1.82, 2.24) is 9.80 Å². The van der Waals surface area contributed by atoms with Gasteiger partial charge in [0.1, 0.15) is 5.82 Å². The number of hydrogen-bond acceptors (Lipinski definition) is 3. The minimum absolute atomic E-state index is 0.0895. The molecule has 0 saturated heterocycles. The van der Waals surface area contributed by atoms with Crippen molar-refractivity contribution in [2.45, 2.75) is 20.8 Å². The summed E-state index contributed by atoms with van der Waals surface area (Å²) in [6.07, 6.45) is 0. The predicted octanol–water partition coefficient (Wildman–Crippen LogP) is 1.66. The largest absolute Gasteiger partial charge is 0.399 e. The van der Waals surface area contributed by atoms with Gasteiger partial charge in [0.25, 0.3) is 5.91 Å². The molecule has 0 bridgehead atoms. The molecule has 0 aliphatic heterocycles. The Kier molecular flexibility index (Phi) is 5.69. The minimum atomic E-state index is -0.601. The molecule has 0 atom stereocenters. The molecule has 1 aromatic carbocycles. The van der Waals surface area contributed by atoms with Gasteiger partial charge in [0.05, 0.1) is 12.1 Å². The first-order valence-corrected chi connectivity index (χ1v) is 6.90. The Hall–Kier alpha value is -2.11. The Balaban J connectivity index is 2.91. The number of anilines is 1. The van der Waals surface area contributed by atoms with Crippen LogP contribution in [0.3, 0.4) is 0 Å². The number of nitrogens with zero attached hydrogens (tertiary/aromatic N) is 2. The van der Waals surface area contributed by atoms with E-state index in [2.05, 4.69) is 0 Å². The molecule has 0 spiro atoms. The summed E-state index contributed by atoms with van der Waals surface area (Å²) in [7, 11) is 1.47. The number of benzene rings is 1. The van der Waals surface area contributed by atoms with Crippen LogP contribution in [0, 0.1) is 12.7 Å². The number of halogens is 1. The van der Waals surface area contributed by atoms with Gasteiger partial charge in [-0.3, -0.25) is 9.59 Å². The maximum Gasteiger partial charge on any atom is 0.257 e. The van der Waals surface area contributed by atoms with Gasteiger partial charge in [-0.25, -0.2) is 4.39 Å². The third-order valence-corrected chi connectivity index (χ3v) is 3.34. The number of likely N-dealkylation sites (N-methyl/N-ethyl adjacent to an activating group) is 2. The number of nitrogens with two attached hydrogens (primary N) is 1. The number of hydrogen-bond donors (Lipinski definition) is 1. The molecule has 21 heavy (non-hydrogen) atoms. The van der Waals surface area contributed by atoms with Crippen LogP contribution in [0.15, 0.2) is 12.1 Å². The van der Waals surface area contributed by atoms with Crippen molar-refractivity contribution >= 4 is 17.5 Å². The first kappa shape index (κ1) is 16.9. The predicted molar refractivity (Wildman–Crippen MR) is 80.4 cm³/mol. The van der Waals surface area contributed by atoms with Crippen LogP contribution in [-0.4, -0.2) is 48.3 Å². The third kappa shape index (κ3) is 3.93. The number of carbonyl (C=O) groups is 2. The van der Waals surface area contributed by atoms with E-state index >= 15 is 0 Å². The van der Waals surface area contributed by atoms with Crippen LogP contribution >= 0.6 is 0 Å². The van der Waals surface area contributed by atoms with Gasteiger partial charge in [0.15, 0.2) is 0 Å². The molecule has 0 aliphatic carbocycles. The molecule has 6 heteroatoms. The Morgan fingerprint density at radius 3 is 2.33 bits per heavy atom. The summed E-state index contributed by atoms with van der Waals surface area (Å²) in [4.78, 5) is 27.1. The molecule has 116 valence electrons. The topological polar surface area (TPSA) is 66.6 Å². The quantitative estimate of drug-likeness (QED) is 0.840. The minimum Gasteiger partial charge on any atom is -0.399 e. The average Bonchev–Trinajstić information content (AvgIpc) is 2.43. The Labute approximate surface area is 124 Å². The summed E-state index contributed by atoms with van der Waals surface area (Å²) in [6.45, 7) is 6.33. The lowest BCUT2D eigenvalue weighted by Gasteiger charge is -2.23. The third-order valence-electron chi connectivity index (χ3n) is 3.34. The van der Waals surface area contributed by atoms with Crippen molar-refractivity contribution in [3.05, 3.63) is 29.1 Å². The normalized spacial score (nSPS) is 10.3. The average molecular weight is 295 g/mol. The fourth-order valence-electron chi connectivity index (χ4n) is 2.11. The molecular weight excluding hydrogens is 273 g/mol. The van der Waals surface area contributed by atoms with Gasteiger partial charge in [0, 0.05) is 25.8 Å². The summed E-state index contributed by atoms with van der Waals surface area (Å²) in [6, 6.07) is 2.76. The highest BCUT2D eigenvalue weighted by molar-refractivity contribution is 5.97. The van der Waals surface area contributed by atoms with Crippen molar-refractivity contribution in [2.24, 2.45) is 0 Å². The lowest BCUT2D eigenvalue weighted by molar-refractivity contribution is -0.131. The fraction of sp³-hybridized carbons (Fsp3) is 0.467. The maximum atomic E-state index is 14.0. The summed E-state index contributed by atoms with van der Waals surface area (Å²) >= 11 is 0. The van der Waals surface area contributed by atoms with E-state index in [1.165, 1.54) is 24.1 Å². The highest BCUT2D eigenvalue weighted by atomic mass is 19.1. The molecular formula is C15H22FN3O2. The van der Waals surface area contributed by atoms with E-state index in [-0.39, 0.29) is 18.0 Å². The molecule has 0 saturated carbocycles. The number of amides is 2. The molecule has 0 radical (unpaired) electrons. The van der Waals surface area contributed by atoms with Crippen LogP contribution in [0.5, 0.6) is 0 Å². The molecule has 1 aromatic rings. The summed E-state index contributed by atoms with van der Waals surface area (Å²) in [5.41, 5.74) is 6.16. The zero-order chi connectivity index (χ0) is 16.2. The van der Waals surface area contributed by atoms with Crippen LogP contribution in [0.2, 0.25) is 0 Å². The van der Waals surface area contributed by atoms with Gasteiger partial charge in [-0.2, -0.15) is 0 Å². The van der Waals surface area contributed by atoms with Crippen molar-refractivity contribution in [1.29, 1.82) is 0 Å². The number of nitrogen functional groups attached to an aromatic ring is 1. The van der Waals surface area contributed by atoms with E-state index in [0.29, 0.717) is 24.3 Å². The monoisotopic (exact) mass is 295 g/mol. The van der Waals surface area contributed by atoms with Gasteiger partial charge in [-0.15, -0.1) is 0 Å². The molecule has 0 unspecified atom stereocenters. The van der Waals surface area contributed by atoms with E-state index in [1.54, 1.807) is 11.8 Å². The summed E-state index contributed by atoms with van der Waals surface area (Å²) in [5, 5.41) is 0. The van der Waals surface area contributed by atoms with Crippen molar-refractivity contribution in [2.75, 3.05) is 32.4 Å². The van der Waals surface area contributed by atoms with Gasteiger partial charge in [0.2, 0.25) is 5.91 Å². The second-order valence-corrected chi connectivity index (χ2v) is 4.93. The summed E-state index contributed by atoms with van der Waals surface area (Å²) in [5.74, 6) is -1.32. The lowest BCUT2D eigenvalue weighted by Crippen LogP contribution is -2.41. The second-order valence-electron chi connectivity index (χ2n) is 4.93. The first-order chi connectivity index (χ1) is 9.81. The molecule has 0 fully saturated rings. The highest BCUT2D eigenvalue weighted by Crippen LogP contribution is 2.18. The highest BCUT2D eigenvalue weighted by Gasteiger charge is 2.21. The van der Waals surface area contributed by atoms with Gasteiger partial charge in [-0.05, 0) is 38.5 Å². The van der Waals surface area contributed by atoms with Crippen LogP contribution in [0.1, 0.15) is 29.8 Å². The van der Waals surface area contributed by atoms with Crippen LogP contribution in [0.4, 0.5) is 10.1 Å². The number of rotatable bonds is 5. The molecule has 1 rings (SSSR count). The Morgan fingerprint density at radius 2 is 1.81 bits per heavy atom. The number of carbonyl (C=O) groups excluding carboxylic acids is 2. The van der Waals surface area contributed by atoms with E-state index in [1.807, 2.05) is 13.8 Å². The van der Waals surface area contributed by atoms with E-state index in [4.69, 9.17) is 5.73 Å². The first-order valence-electron chi connectivity index (χ1n) is 6.90. The molecule has 0 heterocycles. The SMILES string of the molecule is CCN(CC)C(=O)CN(C)C(=O)c1cc(N)cc(C)c1F. The molecule has 0 aromatic heterocycles. The van der Waals surface area contributed by atoms with Crippen molar-refractivity contribution in [3.8, 4) is 0 Å². The maximum absolute atomic E-state index is 14.0. The standard InChI is InChI=1S/C15H22FN3O2/c1-5-19(6-2)13(20)9-18(4)15(21)12-8-11(17)7-10(3)14(12)16/h7-8H,5-6,9,17H2,1-4H3.